The van der Waals surface area contributed by atoms with E-state index in [1.54, 1.807) is 31.2 Å². The van der Waals surface area contributed by atoms with Crippen LogP contribution in [-0.2, 0) is 14.4 Å². The van der Waals surface area contributed by atoms with Crippen LogP contribution in [0.3, 0.4) is 0 Å². The van der Waals surface area contributed by atoms with E-state index in [0.29, 0.717) is 33.8 Å². The Hall–Kier alpha value is -3.24. The zero-order valence-corrected chi connectivity index (χ0v) is 18.8. The highest BCUT2D eigenvalue weighted by atomic mass is 79.9. The van der Waals surface area contributed by atoms with Gasteiger partial charge in [-0.1, -0.05) is 18.2 Å². The molecule has 1 heterocycles. The number of carbonyl (C=O) groups is 3. The third-order valence-corrected chi connectivity index (χ3v) is 4.78. The molecule has 3 N–H and O–H groups in total. The van der Waals surface area contributed by atoms with Crippen molar-refractivity contribution in [2.75, 3.05) is 18.5 Å². The molecule has 1 saturated heterocycles. The van der Waals surface area contributed by atoms with E-state index >= 15 is 0 Å². The Morgan fingerprint density at radius 1 is 1.13 bits per heavy atom. The molecule has 0 aliphatic carbocycles. The minimum atomic E-state index is -0.597. The van der Waals surface area contributed by atoms with Crippen LogP contribution >= 0.6 is 28.1 Å². The summed E-state index contributed by atoms with van der Waals surface area (Å²) in [5.74, 6) is -0.853. The van der Waals surface area contributed by atoms with Gasteiger partial charge in [-0.15, -0.1) is 0 Å². The minimum absolute atomic E-state index is 0.0409. The average Bonchev–Trinajstić information content (AvgIpc) is 2.71. The van der Waals surface area contributed by atoms with Crippen molar-refractivity contribution in [1.29, 1.82) is 0 Å². The molecule has 0 radical (unpaired) electrons. The highest BCUT2D eigenvalue weighted by Gasteiger charge is 2.26. The van der Waals surface area contributed by atoms with Gasteiger partial charge in [0.05, 0.1) is 11.1 Å². The zero-order chi connectivity index (χ0) is 22.4. The van der Waals surface area contributed by atoms with E-state index in [-0.39, 0.29) is 23.2 Å². The largest absolute Gasteiger partial charge is 0.490 e. The first-order chi connectivity index (χ1) is 14.9. The standard InChI is InChI=1S/C21H18BrN3O5S/c1-2-29-16-10-12(8-14-19(27)24-21(31)25-20(14)28)9-15(22)18(16)30-11-17(26)23-13-6-4-3-5-7-13/h3-10H,2,11H2,1H3,(H,23,26)(H2,24,25,27,28,31). The van der Waals surface area contributed by atoms with Crippen molar-refractivity contribution in [1.82, 2.24) is 10.6 Å². The SMILES string of the molecule is CCOc1cc(C=C2C(=O)NC(=S)NC2=O)cc(Br)c1OCC(=O)Nc1ccccc1. The molecule has 0 saturated carbocycles. The number of nitrogens with one attached hydrogen (secondary N) is 3. The normalized spacial score (nSPS) is 13.2. The van der Waals surface area contributed by atoms with E-state index in [0.717, 1.165) is 0 Å². The van der Waals surface area contributed by atoms with Gasteiger partial charge < -0.3 is 14.8 Å². The second kappa shape index (κ2) is 10.2. The molecular weight excluding hydrogens is 486 g/mol. The number of hydrogen-bond acceptors (Lipinski definition) is 6. The minimum Gasteiger partial charge on any atom is -0.490 e. The molecule has 0 spiro atoms. The van der Waals surface area contributed by atoms with Crippen LogP contribution in [0.15, 0.2) is 52.5 Å². The van der Waals surface area contributed by atoms with E-state index in [9.17, 15) is 14.4 Å². The first-order valence-electron chi connectivity index (χ1n) is 9.19. The number of ether oxygens (including phenoxy) is 2. The molecule has 1 aliphatic rings. The molecule has 10 heteroatoms. The predicted molar refractivity (Wildman–Crippen MR) is 123 cm³/mol. The maximum absolute atomic E-state index is 12.2. The monoisotopic (exact) mass is 503 g/mol. The smallest absolute Gasteiger partial charge is 0.263 e. The summed E-state index contributed by atoms with van der Waals surface area (Å²) in [6.07, 6.45) is 1.41. The third-order valence-electron chi connectivity index (χ3n) is 3.99. The van der Waals surface area contributed by atoms with Gasteiger partial charge in [-0.2, -0.15) is 0 Å². The summed E-state index contributed by atoms with van der Waals surface area (Å²) >= 11 is 8.20. The van der Waals surface area contributed by atoms with Crippen LogP contribution in [0.2, 0.25) is 0 Å². The van der Waals surface area contributed by atoms with Gasteiger partial charge in [0, 0.05) is 5.69 Å². The second-order valence-electron chi connectivity index (χ2n) is 6.26. The number of rotatable bonds is 7. The molecular formula is C21H18BrN3O5S. The molecule has 1 fully saturated rings. The zero-order valence-electron chi connectivity index (χ0n) is 16.4. The number of thiocarbonyl (C=S) groups is 1. The van der Waals surface area contributed by atoms with Gasteiger partial charge in [0.2, 0.25) is 0 Å². The summed E-state index contributed by atoms with van der Waals surface area (Å²) in [7, 11) is 0. The van der Waals surface area contributed by atoms with Crippen LogP contribution in [0.25, 0.3) is 6.08 Å². The maximum Gasteiger partial charge on any atom is 0.263 e. The van der Waals surface area contributed by atoms with E-state index in [4.69, 9.17) is 21.7 Å². The van der Waals surface area contributed by atoms with E-state index in [1.807, 2.05) is 18.2 Å². The molecule has 2 aromatic carbocycles. The summed E-state index contributed by atoms with van der Waals surface area (Å²) in [4.78, 5) is 36.3. The van der Waals surface area contributed by atoms with Gasteiger partial charge >= 0.3 is 0 Å². The van der Waals surface area contributed by atoms with Gasteiger partial charge in [-0.3, -0.25) is 25.0 Å². The fraction of sp³-hybridized carbons (Fsp3) is 0.143. The third kappa shape index (κ3) is 5.89. The highest BCUT2D eigenvalue weighted by Crippen LogP contribution is 2.37. The molecule has 3 rings (SSSR count). The maximum atomic E-state index is 12.2. The first-order valence-corrected chi connectivity index (χ1v) is 10.4. The molecule has 160 valence electrons. The molecule has 1 aliphatic heterocycles. The number of para-hydroxylation sites is 1. The lowest BCUT2D eigenvalue weighted by atomic mass is 10.1. The summed E-state index contributed by atoms with van der Waals surface area (Å²) in [6, 6.07) is 12.3. The van der Waals surface area contributed by atoms with Gasteiger partial charge in [0.1, 0.15) is 5.57 Å². The number of anilines is 1. The predicted octanol–water partition coefficient (Wildman–Crippen LogP) is 2.78. The van der Waals surface area contributed by atoms with Crippen LogP contribution in [-0.4, -0.2) is 36.0 Å². The molecule has 3 amide bonds. The fourth-order valence-corrected chi connectivity index (χ4v) is 3.46. The van der Waals surface area contributed by atoms with Crippen molar-refractivity contribution in [2.24, 2.45) is 0 Å². The van der Waals surface area contributed by atoms with Crippen LogP contribution in [0.5, 0.6) is 11.5 Å². The molecule has 2 aromatic rings. The summed E-state index contributed by atoms with van der Waals surface area (Å²) in [6.45, 7) is 1.90. The van der Waals surface area contributed by atoms with Crippen molar-refractivity contribution in [3.05, 3.63) is 58.1 Å². The van der Waals surface area contributed by atoms with Crippen molar-refractivity contribution < 1.29 is 23.9 Å². The number of amides is 3. The fourth-order valence-electron chi connectivity index (χ4n) is 2.70. The quantitative estimate of drug-likeness (QED) is 0.304. The second-order valence-corrected chi connectivity index (χ2v) is 7.52. The average molecular weight is 504 g/mol. The molecule has 31 heavy (non-hydrogen) atoms. The highest BCUT2D eigenvalue weighted by molar-refractivity contribution is 9.10. The number of carbonyl (C=O) groups excluding carboxylic acids is 3. The van der Waals surface area contributed by atoms with Crippen molar-refractivity contribution in [3.63, 3.8) is 0 Å². The lowest BCUT2D eigenvalue weighted by Gasteiger charge is -2.17. The van der Waals surface area contributed by atoms with Gasteiger partial charge in [-0.25, -0.2) is 0 Å². The Balaban J connectivity index is 1.79. The Morgan fingerprint density at radius 2 is 1.81 bits per heavy atom. The van der Waals surface area contributed by atoms with Gasteiger partial charge in [-0.05, 0) is 71.0 Å². The van der Waals surface area contributed by atoms with Crippen molar-refractivity contribution >= 4 is 62.7 Å². The number of benzene rings is 2. The lowest BCUT2D eigenvalue weighted by Crippen LogP contribution is -2.51. The topological polar surface area (TPSA) is 106 Å². The first kappa shape index (κ1) is 22.4. The van der Waals surface area contributed by atoms with E-state index in [1.165, 1.54) is 6.08 Å². The van der Waals surface area contributed by atoms with Crippen molar-refractivity contribution in [2.45, 2.75) is 6.92 Å². The van der Waals surface area contributed by atoms with Crippen LogP contribution in [0, 0.1) is 0 Å². The van der Waals surface area contributed by atoms with Crippen LogP contribution < -0.4 is 25.4 Å². The summed E-state index contributed by atoms with van der Waals surface area (Å²) < 4.78 is 11.8. The molecule has 0 unspecified atom stereocenters. The van der Waals surface area contributed by atoms with Gasteiger partial charge in [0.15, 0.2) is 23.2 Å². The summed E-state index contributed by atoms with van der Waals surface area (Å²) in [5, 5.41) is 7.45. The van der Waals surface area contributed by atoms with Gasteiger partial charge in [0.25, 0.3) is 17.7 Å². The summed E-state index contributed by atoms with van der Waals surface area (Å²) in [5.41, 5.74) is 1.08. The van der Waals surface area contributed by atoms with E-state index < -0.39 is 11.8 Å². The molecule has 8 nitrogen and oxygen atoms in total. The lowest BCUT2D eigenvalue weighted by molar-refractivity contribution is -0.123. The molecule has 0 atom stereocenters. The van der Waals surface area contributed by atoms with Crippen LogP contribution in [0.1, 0.15) is 12.5 Å². The van der Waals surface area contributed by atoms with Crippen LogP contribution in [0.4, 0.5) is 5.69 Å². The molecule has 0 aromatic heterocycles. The Kier molecular flexibility index (Phi) is 7.37. The molecule has 0 bridgehead atoms. The Bertz CT molecular complexity index is 1050. The Morgan fingerprint density at radius 3 is 2.45 bits per heavy atom. The Labute approximate surface area is 192 Å². The van der Waals surface area contributed by atoms with E-state index in [2.05, 4.69) is 31.9 Å². The number of hydrogen-bond donors (Lipinski definition) is 3. The number of halogens is 1. The van der Waals surface area contributed by atoms with Crippen molar-refractivity contribution in [3.8, 4) is 11.5 Å².